The Balaban J connectivity index is 1.80. The Morgan fingerprint density at radius 2 is 2.19 bits per heavy atom. The molecular weight excluding hydrogens is 348 g/mol. The molecule has 110 valence electrons. The van der Waals surface area contributed by atoms with Crippen LogP contribution in [0, 0.1) is 5.92 Å². The molecule has 0 saturated carbocycles. The first kappa shape index (κ1) is 14.7. The molecular formula is C15H17BrN4S. The number of rotatable bonds is 5. The molecule has 0 aliphatic carbocycles. The normalized spacial score (nSPS) is 13.1. The van der Waals surface area contributed by atoms with Gasteiger partial charge >= 0.3 is 0 Å². The second kappa shape index (κ2) is 6.25. The number of fused-ring (bicyclic) bond motifs is 1. The highest BCUT2D eigenvalue weighted by Gasteiger charge is 2.17. The predicted octanol–water partition coefficient (Wildman–Crippen LogP) is 4.04. The fraction of sp³-hybridized carbons (Fsp3) is 0.333. The SMILES string of the molecule is CC(C)C(NCc1cnc2cnc(Br)cn12)c1cccs1. The number of hydrogen-bond acceptors (Lipinski definition) is 4. The van der Waals surface area contributed by atoms with Crippen LogP contribution in [0.5, 0.6) is 0 Å². The van der Waals surface area contributed by atoms with E-state index < -0.39 is 0 Å². The number of imidazole rings is 1. The lowest BCUT2D eigenvalue weighted by molar-refractivity contribution is 0.413. The molecule has 0 spiro atoms. The maximum atomic E-state index is 4.39. The van der Waals surface area contributed by atoms with Gasteiger partial charge in [0.1, 0.15) is 4.60 Å². The monoisotopic (exact) mass is 364 g/mol. The van der Waals surface area contributed by atoms with Gasteiger partial charge in [0.2, 0.25) is 0 Å². The zero-order chi connectivity index (χ0) is 14.8. The van der Waals surface area contributed by atoms with E-state index in [1.165, 1.54) is 4.88 Å². The summed E-state index contributed by atoms with van der Waals surface area (Å²) >= 11 is 5.21. The van der Waals surface area contributed by atoms with E-state index in [9.17, 15) is 0 Å². The molecule has 1 N–H and O–H groups in total. The molecule has 0 aromatic carbocycles. The Morgan fingerprint density at radius 1 is 1.33 bits per heavy atom. The highest BCUT2D eigenvalue weighted by atomic mass is 79.9. The van der Waals surface area contributed by atoms with Gasteiger partial charge in [-0.2, -0.15) is 0 Å². The smallest absolute Gasteiger partial charge is 0.155 e. The third-order valence-electron chi connectivity index (χ3n) is 3.46. The molecule has 0 aliphatic rings. The molecule has 0 saturated heterocycles. The molecule has 1 unspecified atom stereocenters. The lowest BCUT2D eigenvalue weighted by Gasteiger charge is -2.21. The van der Waals surface area contributed by atoms with Crippen LogP contribution in [-0.4, -0.2) is 14.4 Å². The van der Waals surface area contributed by atoms with Crippen LogP contribution in [0.15, 0.2) is 40.7 Å². The Kier molecular flexibility index (Phi) is 4.37. The van der Waals surface area contributed by atoms with Crippen LogP contribution in [0.1, 0.15) is 30.5 Å². The zero-order valence-electron chi connectivity index (χ0n) is 12.0. The van der Waals surface area contributed by atoms with E-state index in [4.69, 9.17) is 0 Å². The Morgan fingerprint density at radius 3 is 2.90 bits per heavy atom. The summed E-state index contributed by atoms with van der Waals surface area (Å²) in [7, 11) is 0. The molecule has 21 heavy (non-hydrogen) atoms. The Labute approximate surface area is 136 Å². The molecule has 0 amide bonds. The van der Waals surface area contributed by atoms with Crippen LogP contribution >= 0.6 is 27.3 Å². The fourth-order valence-corrected chi connectivity index (χ4v) is 3.68. The van der Waals surface area contributed by atoms with Gasteiger partial charge in [0.05, 0.1) is 18.1 Å². The summed E-state index contributed by atoms with van der Waals surface area (Å²) in [6.07, 6.45) is 5.63. The summed E-state index contributed by atoms with van der Waals surface area (Å²) in [5.74, 6) is 0.538. The van der Waals surface area contributed by atoms with Crippen LogP contribution in [0.4, 0.5) is 0 Å². The van der Waals surface area contributed by atoms with Gasteiger partial charge in [-0.3, -0.25) is 4.40 Å². The van der Waals surface area contributed by atoms with Crippen molar-refractivity contribution in [1.82, 2.24) is 19.7 Å². The van der Waals surface area contributed by atoms with Gasteiger partial charge in [-0.1, -0.05) is 19.9 Å². The minimum Gasteiger partial charge on any atom is -0.303 e. The molecule has 4 nitrogen and oxygen atoms in total. The van der Waals surface area contributed by atoms with Gasteiger partial charge in [0, 0.05) is 23.7 Å². The zero-order valence-corrected chi connectivity index (χ0v) is 14.4. The molecule has 0 aliphatic heterocycles. The van der Waals surface area contributed by atoms with Gasteiger partial charge < -0.3 is 5.32 Å². The number of thiophene rings is 1. The first-order valence-electron chi connectivity index (χ1n) is 6.89. The minimum absolute atomic E-state index is 0.362. The average molecular weight is 365 g/mol. The Bertz CT molecular complexity index is 720. The molecule has 3 rings (SSSR count). The standard InChI is InChI=1S/C15H17BrN4S/c1-10(2)15(12-4-3-5-21-12)19-7-11-6-18-14-8-17-13(16)9-20(11)14/h3-6,8-10,15,19H,7H2,1-2H3. The lowest BCUT2D eigenvalue weighted by atomic mass is 10.0. The Hall–Kier alpha value is -1.24. The van der Waals surface area contributed by atoms with Crippen molar-refractivity contribution in [2.45, 2.75) is 26.4 Å². The van der Waals surface area contributed by atoms with Crippen molar-refractivity contribution < 1.29 is 0 Å². The molecule has 3 aromatic rings. The van der Waals surface area contributed by atoms with E-state index in [1.54, 1.807) is 17.5 Å². The molecule has 0 fully saturated rings. The quantitative estimate of drug-likeness (QED) is 0.742. The van der Waals surface area contributed by atoms with Gasteiger partial charge in [-0.15, -0.1) is 11.3 Å². The number of aromatic nitrogens is 3. The van der Waals surface area contributed by atoms with Crippen molar-refractivity contribution in [2.75, 3.05) is 0 Å². The third kappa shape index (κ3) is 3.17. The van der Waals surface area contributed by atoms with Crippen LogP contribution in [0.25, 0.3) is 5.65 Å². The summed E-state index contributed by atoms with van der Waals surface area (Å²) in [6, 6.07) is 4.66. The van der Waals surface area contributed by atoms with Crippen LogP contribution in [0.3, 0.4) is 0 Å². The number of halogens is 1. The number of nitrogens with zero attached hydrogens (tertiary/aromatic N) is 3. The summed E-state index contributed by atoms with van der Waals surface area (Å²) in [6.45, 7) is 5.26. The van der Waals surface area contributed by atoms with Gasteiger partial charge in [-0.05, 0) is 33.3 Å². The summed E-state index contributed by atoms with van der Waals surface area (Å²) in [5.41, 5.74) is 2.00. The third-order valence-corrected chi connectivity index (χ3v) is 4.83. The van der Waals surface area contributed by atoms with Crippen LogP contribution in [-0.2, 0) is 6.54 Å². The van der Waals surface area contributed by atoms with Crippen molar-refractivity contribution in [3.8, 4) is 0 Å². The van der Waals surface area contributed by atoms with E-state index in [0.29, 0.717) is 12.0 Å². The first-order valence-corrected chi connectivity index (χ1v) is 8.56. The molecule has 0 radical (unpaired) electrons. The lowest BCUT2D eigenvalue weighted by Crippen LogP contribution is -2.25. The summed E-state index contributed by atoms with van der Waals surface area (Å²) < 4.78 is 2.88. The summed E-state index contributed by atoms with van der Waals surface area (Å²) in [5, 5.41) is 5.78. The number of hydrogen-bond donors (Lipinski definition) is 1. The minimum atomic E-state index is 0.362. The van der Waals surface area contributed by atoms with Crippen molar-refractivity contribution in [3.63, 3.8) is 0 Å². The molecule has 3 aromatic heterocycles. The maximum absolute atomic E-state index is 4.39. The van der Waals surface area contributed by atoms with Crippen molar-refractivity contribution in [1.29, 1.82) is 0 Å². The second-order valence-corrected chi connectivity index (χ2v) is 7.10. The van der Waals surface area contributed by atoms with E-state index in [2.05, 4.69) is 67.0 Å². The molecule has 1 atom stereocenters. The van der Waals surface area contributed by atoms with Crippen molar-refractivity contribution in [2.24, 2.45) is 5.92 Å². The van der Waals surface area contributed by atoms with Crippen molar-refractivity contribution in [3.05, 3.63) is 51.3 Å². The van der Waals surface area contributed by atoms with E-state index in [-0.39, 0.29) is 0 Å². The first-order chi connectivity index (χ1) is 10.1. The topological polar surface area (TPSA) is 42.2 Å². The average Bonchev–Trinajstić information content (AvgIpc) is 3.09. The largest absolute Gasteiger partial charge is 0.303 e. The molecule has 0 bridgehead atoms. The van der Waals surface area contributed by atoms with Gasteiger partial charge in [-0.25, -0.2) is 9.97 Å². The summed E-state index contributed by atoms with van der Waals surface area (Å²) in [4.78, 5) is 9.96. The molecule has 3 heterocycles. The fourth-order valence-electron chi connectivity index (χ4n) is 2.39. The predicted molar refractivity (Wildman–Crippen MR) is 89.4 cm³/mol. The second-order valence-electron chi connectivity index (χ2n) is 5.31. The van der Waals surface area contributed by atoms with E-state index in [1.807, 2.05) is 12.4 Å². The van der Waals surface area contributed by atoms with Crippen molar-refractivity contribution >= 4 is 32.9 Å². The van der Waals surface area contributed by atoms with Crippen LogP contribution < -0.4 is 5.32 Å². The van der Waals surface area contributed by atoms with Gasteiger partial charge in [0.25, 0.3) is 0 Å². The van der Waals surface area contributed by atoms with E-state index >= 15 is 0 Å². The highest BCUT2D eigenvalue weighted by Crippen LogP contribution is 2.26. The highest BCUT2D eigenvalue weighted by molar-refractivity contribution is 9.10. The molecule has 6 heteroatoms. The van der Waals surface area contributed by atoms with E-state index in [0.717, 1.165) is 22.5 Å². The maximum Gasteiger partial charge on any atom is 0.155 e. The van der Waals surface area contributed by atoms with Gasteiger partial charge in [0.15, 0.2) is 5.65 Å². The van der Waals surface area contributed by atoms with Crippen LogP contribution in [0.2, 0.25) is 0 Å². The number of nitrogens with one attached hydrogen (secondary N) is 1.